The molecule has 0 saturated heterocycles. The number of nitrogens with one attached hydrogen (secondary N) is 1. The van der Waals surface area contributed by atoms with Gasteiger partial charge in [-0.3, -0.25) is 4.90 Å². The van der Waals surface area contributed by atoms with Crippen LogP contribution >= 0.6 is 0 Å². The molecule has 4 rings (SSSR count). The molecule has 0 unspecified atom stereocenters. The lowest BCUT2D eigenvalue weighted by atomic mass is 9.94. The third-order valence-electron chi connectivity index (χ3n) is 5.94. The van der Waals surface area contributed by atoms with Crippen LogP contribution in [0.4, 0.5) is 5.82 Å². The minimum absolute atomic E-state index is 0.558. The van der Waals surface area contributed by atoms with Crippen molar-refractivity contribution in [3.05, 3.63) is 72.7 Å². The van der Waals surface area contributed by atoms with Gasteiger partial charge in [0, 0.05) is 38.3 Å². The standard InChI is InChI=1S/C24H28N4O2.C4H4O4/c1-29-20-8-7-18-5-3-6-21(22(18)15-20)19-9-13-28(14-10-19)12-4-11-26-24-23(30-2)16-25-17-27-24;5-3(6)1-2-4(7)8/h3,5-9,15-17H,4,10-14H2,1-2H3,(H,25,26,27);1-2H,(H,5,6)(H,7,8)/b;2-1+. The average molecular weight is 521 g/mol. The Morgan fingerprint density at radius 1 is 1.11 bits per heavy atom. The van der Waals surface area contributed by atoms with Gasteiger partial charge >= 0.3 is 11.9 Å². The molecule has 10 nitrogen and oxygen atoms in total. The van der Waals surface area contributed by atoms with Gasteiger partial charge in [0.1, 0.15) is 12.1 Å². The highest BCUT2D eigenvalue weighted by molar-refractivity contribution is 5.95. The summed E-state index contributed by atoms with van der Waals surface area (Å²) in [5.74, 6) is -0.185. The average Bonchev–Trinajstić information content (AvgIpc) is 2.94. The first-order valence-corrected chi connectivity index (χ1v) is 12.1. The number of nitrogens with zero attached hydrogens (tertiary/aromatic N) is 3. The number of ether oxygens (including phenoxy) is 2. The maximum Gasteiger partial charge on any atom is 0.328 e. The number of fused-ring (bicyclic) bond motifs is 1. The number of rotatable bonds is 10. The minimum atomic E-state index is -1.26. The Morgan fingerprint density at radius 3 is 2.55 bits per heavy atom. The maximum atomic E-state index is 9.55. The highest BCUT2D eigenvalue weighted by Gasteiger charge is 2.15. The predicted molar refractivity (Wildman–Crippen MR) is 146 cm³/mol. The summed E-state index contributed by atoms with van der Waals surface area (Å²) in [6.07, 6.45) is 8.80. The van der Waals surface area contributed by atoms with Crippen molar-refractivity contribution in [3.63, 3.8) is 0 Å². The van der Waals surface area contributed by atoms with Crippen molar-refractivity contribution in [3.8, 4) is 11.5 Å². The molecule has 1 aliphatic heterocycles. The van der Waals surface area contributed by atoms with Crippen LogP contribution in [-0.2, 0) is 9.59 Å². The lowest BCUT2D eigenvalue weighted by Gasteiger charge is -2.27. The maximum absolute atomic E-state index is 9.55. The van der Waals surface area contributed by atoms with Crippen LogP contribution in [0, 0.1) is 0 Å². The van der Waals surface area contributed by atoms with E-state index in [4.69, 9.17) is 19.7 Å². The number of carbonyl (C=O) groups is 2. The molecule has 3 N–H and O–H groups in total. The van der Waals surface area contributed by atoms with Crippen molar-refractivity contribution in [2.45, 2.75) is 12.8 Å². The highest BCUT2D eigenvalue weighted by atomic mass is 16.5. The molecule has 0 spiro atoms. The van der Waals surface area contributed by atoms with Crippen LogP contribution in [0.2, 0.25) is 0 Å². The fraction of sp³-hybridized carbons (Fsp3) is 0.286. The monoisotopic (exact) mass is 520 g/mol. The number of methoxy groups -OCH3 is 2. The molecule has 10 heteroatoms. The second-order valence-corrected chi connectivity index (χ2v) is 8.40. The van der Waals surface area contributed by atoms with E-state index in [9.17, 15) is 9.59 Å². The Bertz CT molecular complexity index is 1290. The zero-order valence-corrected chi connectivity index (χ0v) is 21.5. The van der Waals surface area contributed by atoms with Gasteiger partial charge in [0.25, 0.3) is 0 Å². The molecule has 0 fully saturated rings. The number of carboxylic acid groups (broad SMARTS) is 2. The van der Waals surface area contributed by atoms with Crippen molar-refractivity contribution < 1.29 is 29.3 Å². The molecule has 0 radical (unpaired) electrons. The Labute approximate surface area is 221 Å². The summed E-state index contributed by atoms with van der Waals surface area (Å²) in [5.41, 5.74) is 2.75. The smallest absolute Gasteiger partial charge is 0.328 e. The SMILES string of the molecule is COc1ccc2cccc(C3=CCN(CCCNc4ncncc4OC)CC3)c2c1.O=C(O)/C=C/C(=O)O. The molecule has 3 aromatic rings. The summed E-state index contributed by atoms with van der Waals surface area (Å²) in [6, 6.07) is 12.8. The van der Waals surface area contributed by atoms with E-state index < -0.39 is 11.9 Å². The highest BCUT2D eigenvalue weighted by Crippen LogP contribution is 2.31. The second kappa shape index (κ2) is 14.3. The Kier molecular flexibility index (Phi) is 10.6. The van der Waals surface area contributed by atoms with Gasteiger partial charge < -0.3 is 25.0 Å². The van der Waals surface area contributed by atoms with Gasteiger partial charge in [0.2, 0.25) is 0 Å². The van der Waals surface area contributed by atoms with E-state index in [1.165, 1.54) is 28.2 Å². The summed E-state index contributed by atoms with van der Waals surface area (Å²) in [4.78, 5) is 29.8. The number of benzene rings is 2. The molecule has 38 heavy (non-hydrogen) atoms. The fourth-order valence-corrected chi connectivity index (χ4v) is 4.07. The molecule has 0 aliphatic carbocycles. The quantitative estimate of drug-likeness (QED) is 0.266. The van der Waals surface area contributed by atoms with Gasteiger partial charge in [0.05, 0.1) is 20.4 Å². The van der Waals surface area contributed by atoms with Crippen molar-refractivity contribution in [2.75, 3.05) is 45.7 Å². The zero-order valence-electron chi connectivity index (χ0n) is 21.5. The molecular weight excluding hydrogens is 488 g/mol. The van der Waals surface area contributed by atoms with Crippen molar-refractivity contribution in [1.82, 2.24) is 14.9 Å². The number of hydrogen-bond acceptors (Lipinski definition) is 8. The van der Waals surface area contributed by atoms with Gasteiger partial charge in [-0.2, -0.15) is 0 Å². The first kappa shape index (κ1) is 28.1. The van der Waals surface area contributed by atoms with Crippen molar-refractivity contribution >= 4 is 34.1 Å². The first-order chi connectivity index (χ1) is 18.4. The van der Waals surface area contributed by atoms with Crippen molar-refractivity contribution in [1.29, 1.82) is 0 Å². The molecule has 2 heterocycles. The summed E-state index contributed by atoms with van der Waals surface area (Å²) in [6.45, 7) is 3.95. The van der Waals surface area contributed by atoms with Crippen LogP contribution in [0.5, 0.6) is 11.5 Å². The molecule has 1 aliphatic rings. The summed E-state index contributed by atoms with van der Waals surface area (Å²) in [5, 5.41) is 21.5. The van der Waals surface area contributed by atoms with E-state index in [1.807, 2.05) is 6.07 Å². The summed E-state index contributed by atoms with van der Waals surface area (Å²) >= 11 is 0. The second-order valence-electron chi connectivity index (χ2n) is 8.40. The van der Waals surface area contributed by atoms with E-state index in [0.29, 0.717) is 17.9 Å². The molecular formula is C28H32N4O6. The largest absolute Gasteiger partial charge is 0.497 e. The van der Waals surface area contributed by atoms with Gasteiger partial charge in [0.15, 0.2) is 11.6 Å². The van der Waals surface area contributed by atoms with Gasteiger partial charge in [-0.15, -0.1) is 0 Å². The Hall–Kier alpha value is -4.44. The van der Waals surface area contributed by atoms with E-state index in [-0.39, 0.29) is 0 Å². The number of carboxylic acids is 2. The van der Waals surface area contributed by atoms with E-state index >= 15 is 0 Å². The van der Waals surface area contributed by atoms with E-state index in [2.05, 4.69) is 56.6 Å². The van der Waals surface area contributed by atoms with Crippen molar-refractivity contribution in [2.24, 2.45) is 0 Å². The number of aliphatic carboxylic acids is 2. The molecule has 0 bridgehead atoms. The number of hydrogen-bond donors (Lipinski definition) is 3. The lowest BCUT2D eigenvalue weighted by Crippen LogP contribution is -2.30. The van der Waals surface area contributed by atoms with Crippen LogP contribution in [0.25, 0.3) is 16.3 Å². The van der Waals surface area contributed by atoms with Crippen LogP contribution in [0.15, 0.2) is 67.2 Å². The van der Waals surface area contributed by atoms with Crippen LogP contribution in [0.3, 0.4) is 0 Å². The molecule has 200 valence electrons. The lowest BCUT2D eigenvalue weighted by molar-refractivity contribution is -0.134. The molecule has 0 atom stereocenters. The number of aromatic nitrogens is 2. The van der Waals surface area contributed by atoms with Crippen LogP contribution < -0.4 is 14.8 Å². The molecule has 1 aromatic heterocycles. The number of anilines is 1. The van der Waals surface area contributed by atoms with Gasteiger partial charge in [-0.05, 0) is 46.9 Å². The van der Waals surface area contributed by atoms with Gasteiger partial charge in [-0.25, -0.2) is 19.6 Å². The third kappa shape index (κ3) is 8.31. The fourth-order valence-electron chi connectivity index (χ4n) is 4.07. The van der Waals surface area contributed by atoms with Crippen LogP contribution in [0.1, 0.15) is 18.4 Å². The predicted octanol–water partition coefficient (Wildman–Crippen LogP) is 3.95. The molecule has 0 saturated carbocycles. The zero-order chi connectivity index (χ0) is 27.3. The summed E-state index contributed by atoms with van der Waals surface area (Å²) < 4.78 is 10.7. The Morgan fingerprint density at radius 2 is 1.89 bits per heavy atom. The normalized spacial score (nSPS) is 13.4. The molecule has 0 amide bonds. The van der Waals surface area contributed by atoms with E-state index in [0.717, 1.165) is 50.6 Å². The topological polar surface area (TPSA) is 134 Å². The molecule has 2 aromatic carbocycles. The van der Waals surface area contributed by atoms with Gasteiger partial charge in [-0.1, -0.05) is 30.3 Å². The minimum Gasteiger partial charge on any atom is -0.497 e. The van der Waals surface area contributed by atoms with E-state index in [1.54, 1.807) is 20.4 Å². The summed E-state index contributed by atoms with van der Waals surface area (Å²) in [7, 11) is 3.35. The van der Waals surface area contributed by atoms with Crippen LogP contribution in [-0.4, -0.2) is 77.4 Å². The first-order valence-electron chi connectivity index (χ1n) is 12.1. The Balaban J connectivity index is 0.000000436. The third-order valence-corrected chi connectivity index (χ3v) is 5.94.